The number of aromatic hydroxyl groups is 1. The maximum atomic E-state index is 9.09. The smallest absolute Gasteiger partial charge is 0.215 e. The number of nitrogens with zero attached hydrogens (tertiary/aromatic N) is 2. The summed E-state index contributed by atoms with van der Waals surface area (Å²) < 4.78 is 0.318. The Hall–Kier alpha value is -1.95. The van der Waals surface area contributed by atoms with Crippen molar-refractivity contribution >= 4 is 23.7 Å². The molecule has 0 spiro atoms. The Bertz CT molecular complexity index is 508. The SMILES string of the molecule is Oc1ccc(Nc2cn[nH]c(=S)n2)cc1. The highest BCUT2D eigenvalue weighted by atomic mass is 32.1. The van der Waals surface area contributed by atoms with E-state index < -0.39 is 0 Å². The number of rotatable bonds is 2. The second kappa shape index (κ2) is 4.05. The Labute approximate surface area is 90.8 Å². The normalized spacial score (nSPS) is 9.87. The van der Waals surface area contributed by atoms with Crippen molar-refractivity contribution in [2.24, 2.45) is 0 Å². The van der Waals surface area contributed by atoms with Crippen LogP contribution in [0.3, 0.4) is 0 Å². The molecule has 0 bridgehead atoms. The third-order valence-electron chi connectivity index (χ3n) is 1.71. The molecule has 5 nitrogen and oxygen atoms in total. The van der Waals surface area contributed by atoms with Crippen LogP contribution < -0.4 is 5.32 Å². The number of hydrogen-bond acceptors (Lipinski definition) is 5. The van der Waals surface area contributed by atoms with Gasteiger partial charge in [-0.25, -0.2) is 0 Å². The van der Waals surface area contributed by atoms with Crippen LogP contribution in [-0.4, -0.2) is 20.3 Å². The van der Waals surface area contributed by atoms with Crippen molar-refractivity contribution in [2.75, 3.05) is 5.32 Å². The summed E-state index contributed by atoms with van der Waals surface area (Å²) in [6.45, 7) is 0. The van der Waals surface area contributed by atoms with E-state index in [2.05, 4.69) is 20.5 Å². The van der Waals surface area contributed by atoms with Crippen LogP contribution in [0.2, 0.25) is 0 Å². The number of nitrogens with one attached hydrogen (secondary N) is 2. The van der Waals surface area contributed by atoms with E-state index in [1.807, 2.05) is 0 Å². The summed E-state index contributed by atoms with van der Waals surface area (Å²) in [5.41, 5.74) is 0.808. The van der Waals surface area contributed by atoms with Gasteiger partial charge in [-0.15, -0.1) is 0 Å². The lowest BCUT2D eigenvalue weighted by molar-refractivity contribution is 0.475. The van der Waals surface area contributed by atoms with Crippen LogP contribution in [-0.2, 0) is 0 Å². The van der Waals surface area contributed by atoms with Crippen LogP contribution in [0.15, 0.2) is 30.5 Å². The number of benzene rings is 1. The van der Waals surface area contributed by atoms with Gasteiger partial charge in [0.25, 0.3) is 0 Å². The molecule has 0 fully saturated rings. The summed E-state index contributed by atoms with van der Waals surface area (Å²) in [5, 5.41) is 18.4. The van der Waals surface area contributed by atoms with Gasteiger partial charge in [-0.1, -0.05) is 0 Å². The van der Waals surface area contributed by atoms with Crippen molar-refractivity contribution in [3.05, 3.63) is 35.2 Å². The van der Waals surface area contributed by atoms with E-state index >= 15 is 0 Å². The maximum absolute atomic E-state index is 9.09. The Kier molecular flexibility index (Phi) is 2.59. The van der Waals surface area contributed by atoms with Crippen LogP contribution in [0.25, 0.3) is 0 Å². The lowest BCUT2D eigenvalue weighted by Gasteiger charge is -2.03. The molecule has 3 N–H and O–H groups in total. The van der Waals surface area contributed by atoms with Crippen molar-refractivity contribution in [1.29, 1.82) is 0 Å². The molecule has 0 atom stereocenters. The van der Waals surface area contributed by atoms with E-state index in [0.29, 0.717) is 10.6 Å². The Morgan fingerprint density at radius 2 is 2.00 bits per heavy atom. The maximum Gasteiger partial charge on any atom is 0.215 e. The summed E-state index contributed by atoms with van der Waals surface area (Å²) in [7, 11) is 0. The molecule has 0 aliphatic rings. The minimum Gasteiger partial charge on any atom is -0.508 e. The van der Waals surface area contributed by atoms with E-state index in [4.69, 9.17) is 17.3 Å². The topological polar surface area (TPSA) is 73.8 Å². The average molecular weight is 220 g/mol. The van der Waals surface area contributed by atoms with Gasteiger partial charge in [0, 0.05) is 5.69 Å². The average Bonchev–Trinajstić information content (AvgIpc) is 2.22. The van der Waals surface area contributed by atoms with Crippen LogP contribution in [0.1, 0.15) is 0 Å². The molecule has 0 aliphatic carbocycles. The molecule has 0 saturated heterocycles. The van der Waals surface area contributed by atoms with Gasteiger partial charge in [-0.05, 0) is 36.5 Å². The van der Waals surface area contributed by atoms with E-state index in [9.17, 15) is 0 Å². The van der Waals surface area contributed by atoms with Crippen LogP contribution >= 0.6 is 12.2 Å². The molecule has 1 heterocycles. The quantitative estimate of drug-likeness (QED) is 0.533. The molecular weight excluding hydrogens is 212 g/mol. The van der Waals surface area contributed by atoms with Crippen LogP contribution in [0.5, 0.6) is 5.75 Å². The highest BCUT2D eigenvalue weighted by Crippen LogP contribution is 2.16. The van der Waals surface area contributed by atoms with Crippen LogP contribution in [0, 0.1) is 4.77 Å². The van der Waals surface area contributed by atoms with Gasteiger partial charge >= 0.3 is 0 Å². The van der Waals surface area contributed by atoms with Crippen molar-refractivity contribution in [3.63, 3.8) is 0 Å². The van der Waals surface area contributed by atoms with Gasteiger partial charge in [0.1, 0.15) is 5.75 Å². The molecule has 2 aromatic rings. The number of phenols is 1. The Morgan fingerprint density at radius 3 is 2.67 bits per heavy atom. The summed E-state index contributed by atoms with van der Waals surface area (Å²) in [6, 6.07) is 6.63. The monoisotopic (exact) mass is 220 g/mol. The molecule has 6 heteroatoms. The zero-order valence-electron chi connectivity index (χ0n) is 7.64. The predicted molar refractivity (Wildman–Crippen MR) is 58.6 cm³/mol. The molecule has 0 amide bonds. The van der Waals surface area contributed by atoms with E-state index in [1.54, 1.807) is 24.3 Å². The molecule has 0 unspecified atom stereocenters. The highest BCUT2D eigenvalue weighted by Gasteiger charge is 1.96. The summed E-state index contributed by atoms with van der Waals surface area (Å²) in [5.74, 6) is 0.779. The van der Waals surface area contributed by atoms with E-state index in [-0.39, 0.29) is 5.75 Å². The second-order valence-corrected chi connectivity index (χ2v) is 3.23. The molecule has 15 heavy (non-hydrogen) atoms. The third-order valence-corrected chi connectivity index (χ3v) is 1.89. The summed E-state index contributed by atoms with van der Waals surface area (Å²) >= 11 is 4.83. The van der Waals surface area contributed by atoms with E-state index in [1.165, 1.54) is 6.20 Å². The second-order valence-electron chi connectivity index (χ2n) is 2.84. The van der Waals surface area contributed by atoms with Gasteiger partial charge in [-0.2, -0.15) is 10.1 Å². The number of hydrogen-bond donors (Lipinski definition) is 3. The molecular formula is C9H8N4OS. The minimum atomic E-state index is 0.219. The van der Waals surface area contributed by atoms with Crippen molar-refractivity contribution in [2.45, 2.75) is 0 Å². The van der Waals surface area contributed by atoms with Gasteiger partial charge in [-0.3, -0.25) is 5.10 Å². The summed E-state index contributed by atoms with van der Waals surface area (Å²) in [4.78, 5) is 4.01. The van der Waals surface area contributed by atoms with Gasteiger partial charge in [0.05, 0.1) is 6.20 Å². The lowest BCUT2D eigenvalue weighted by Crippen LogP contribution is -1.95. The third kappa shape index (κ3) is 2.50. The first kappa shape index (κ1) is 9.60. The Morgan fingerprint density at radius 1 is 1.27 bits per heavy atom. The largest absolute Gasteiger partial charge is 0.508 e. The first-order chi connectivity index (χ1) is 7.24. The first-order valence-corrected chi connectivity index (χ1v) is 4.63. The fourth-order valence-corrected chi connectivity index (χ4v) is 1.22. The van der Waals surface area contributed by atoms with Gasteiger partial charge in [0.2, 0.25) is 4.77 Å². The van der Waals surface area contributed by atoms with Crippen molar-refractivity contribution in [1.82, 2.24) is 15.2 Å². The highest BCUT2D eigenvalue weighted by molar-refractivity contribution is 7.71. The molecule has 2 rings (SSSR count). The molecule has 0 aliphatic heterocycles. The number of H-pyrrole nitrogens is 1. The molecule has 0 saturated carbocycles. The number of anilines is 2. The lowest BCUT2D eigenvalue weighted by atomic mass is 10.3. The number of aromatic nitrogens is 3. The fourth-order valence-electron chi connectivity index (χ4n) is 1.06. The van der Waals surface area contributed by atoms with Crippen LogP contribution in [0.4, 0.5) is 11.5 Å². The van der Waals surface area contributed by atoms with Crippen molar-refractivity contribution in [3.8, 4) is 5.75 Å². The fraction of sp³-hybridized carbons (Fsp3) is 0. The number of phenolic OH excluding ortho intramolecular Hbond substituents is 1. The first-order valence-electron chi connectivity index (χ1n) is 4.22. The van der Waals surface area contributed by atoms with Gasteiger partial charge in [0.15, 0.2) is 5.82 Å². The van der Waals surface area contributed by atoms with Crippen molar-refractivity contribution < 1.29 is 5.11 Å². The van der Waals surface area contributed by atoms with Gasteiger partial charge < -0.3 is 10.4 Å². The minimum absolute atomic E-state index is 0.219. The standard InChI is InChI=1S/C9H8N4OS/c14-7-3-1-6(2-4-7)11-8-5-10-13-9(15)12-8/h1-5,14H,(H2,11,12,13,15). The van der Waals surface area contributed by atoms with E-state index in [0.717, 1.165) is 5.69 Å². The number of aromatic amines is 1. The molecule has 1 aromatic heterocycles. The Balaban J connectivity index is 2.22. The molecule has 76 valence electrons. The zero-order valence-corrected chi connectivity index (χ0v) is 8.45. The summed E-state index contributed by atoms with van der Waals surface area (Å²) in [6.07, 6.45) is 1.53. The molecule has 0 radical (unpaired) electrons. The zero-order chi connectivity index (χ0) is 10.7. The molecule has 1 aromatic carbocycles. The predicted octanol–water partition coefficient (Wildman–Crippen LogP) is 1.98.